The molecule has 2 aliphatic heterocycles. The van der Waals surface area contributed by atoms with Gasteiger partial charge in [0.25, 0.3) is 5.91 Å². The van der Waals surface area contributed by atoms with Crippen LogP contribution in [0.1, 0.15) is 23.2 Å². The maximum atomic E-state index is 12.6. The van der Waals surface area contributed by atoms with Gasteiger partial charge in [0.1, 0.15) is 25.6 Å². The summed E-state index contributed by atoms with van der Waals surface area (Å²) in [5.41, 5.74) is 2.23. The van der Waals surface area contributed by atoms with Crippen molar-refractivity contribution in [1.29, 1.82) is 0 Å². The maximum absolute atomic E-state index is 12.6. The van der Waals surface area contributed by atoms with E-state index in [1.54, 1.807) is 24.3 Å². The number of amides is 1. The molecule has 1 saturated heterocycles. The molecule has 3 heterocycles. The van der Waals surface area contributed by atoms with Gasteiger partial charge in [-0.1, -0.05) is 0 Å². The zero-order valence-electron chi connectivity index (χ0n) is 16.8. The largest absolute Gasteiger partial charge is 0.491 e. The minimum Gasteiger partial charge on any atom is -0.491 e. The number of hydrogen-bond acceptors (Lipinski definition) is 7. The fourth-order valence-corrected chi connectivity index (χ4v) is 4.22. The third-order valence-electron chi connectivity index (χ3n) is 5.14. The van der Waals surface area contributed by atoms with Crippen LogP contribution in [-0.2, 0) is 4.74 Å². The molecule has 1 unspecified atom stereocenters. The van der Waals surface area contributed by atoms with Gasteiger partial charge in [0, 0.05) is 23.1 Å². The zero-order valence-corrected chi connectivity index (χ0v) is 17.7. The molecule has 3 aromatic rings. The van der Waals surface area contributed by atoms with Gasteiger partial charge >= 0.3 is 0 Å². The average molecular weight is 439 g/mol. The molecule has 1 amide bonds. The number of hydrogen-bond donors (Lipinski definition) is 1. The summed E-state index contributed by atoms with van der Waals surface area (Å²) in [7, 11) is 0. The van der Waals surface area contributed by atoms with E-state index in [1.165, 1.54) is 11.3 Å². The Morgan fingerprint density at radius 3 is 2.74 bits per heavy atom. The molecule has 0 spiro atoms. The smallest absolute Gasteiger partial charge is 0.257 e. The van der Waals surface area contributed by atoms with E-state index in [1.807, 2.05) is 23.6 Å². The number of nitrogens with one attached hydrogen (secondary N) is 1. The summed E-state index contributed by atoms with van der Waals surface area (Å²) >= 11 is 1.38. The van der Waals surface area contributed by atoms with Gasteiger partial charge in [-0.2, -0.15) is 0 Å². The van der Waals surface area contributed by atoms with Crippen LogP contribution in [0.4, 0.5) is 5.13 Å². The lowest BCUT2D eigenvalue weighted by molar-refractivity contribution is 0.0679. The molecule has 8 heteroatoms. The van der Waals surface area contributed by atoms with Crippen molar-refractivity contribution in [1.82, 2.24) is 4.98 Å². The van der Waals surface area contributed by atoms with Crippen molar-refractivity contribution in [2.75, 3.05) is 31.7 Å². The van der Waals surface area contributed by atoms with Crippen LogP contribution in [0.15, 0.2) is 47.8 Å². The monoisotopic (exact) mass is 438 g/mol. The van der Waals surface area contributed by atoms with Crippen LogP contribution in [0.3, 0.4) is 0 Å². The van der Waals surface area contributed by atoms with Crippen molar-refractivity contribution in [3.63, 3.8) is 0 Å². The van der Waals surface area contributed by atoms with Crippen LogP contribution in [0.25, 0.3) is 11.3 Å². The van der Waals surface area contributed by atoms with Gasteiger partial charge < -0.3 is 18.9 Å². The van der Waals surface area contributed by atoms with Crippen molar-refractivity contribution in [3.05, 3.63) is 53.4 Å². The number of carbonyl (C=O) groups is 1. The van der Waals surface area contributed by atoms with Crippen LogP contribution >= 0.6 is 11.3 Å². The van der Waals surface area contributed by atoms with Crippen molar-refractivity contribution in [2.24, 2.45) is 0 Å². The standard InChI is InChI=1S/C23H22N2O5S/c26-22(15-3-6-17(7-4-15)30-13-18-2-1-9-27-18)25-23-24-19(14-31-23)16-5-8-20-21(12-16)29-11-10-28-20/h3-8,12,14,18H,1-2,9-11,13H2,(H,24,25,26). The number of fused-ring (bicyclic) bond motifs is 1. The Kier molecular flexibility index (Phi) is 5.73. The number of ether oxygens (including phenoxy) is 4. The Morgan fingerprint density at radius 1 is 1.10 bits per heavy atom. The predicted molar refractivity (Wildman–Crippen MR) is 117 cm³/mol. The molecule has 0 aliphatic carbocycles. The molecule has 1 aromatic heterocycles. The number of nitrogens with zero attached hydrogens (tertiary/aromatic N) is 1. The molecule has 0 bridgehead atoms. The second-order valence-electron chi connectivity index (χ2n) is 7.32. The molecule has 31 heavy (non-hydrogen) atoms. The number of anilines is 1. The molecule has 7 nitrogen and oxygen atoms in total. The molecule has 0 radical (unpaired) electrons. The van der Waals surface area contributed by atoms with Gasteiger partial charge in [-0.3, -0.25) is 10.1 Å². The predicted octanol–water partition coefficient (Wildman–Crippen LogP) is 4.39. The van der Waals surface area contributed by atoms with E-state index in [4.69, 9.17) is 18.9 Å². The lowest BCUT2D eigenvalue weighted by Crippen LogP contribution is -2.16. The Morgan fingerprint density at radius 2 is 1.94 bits per heavy atom. The van der Waals surface area contributed by atoms with Crippen molar-refractivity contribution in [3.8, 4) is 28.5 Å². The number of benzene rings is 2. The number of thiazole rings is 1. The highest BCUT2D eigenvalue weighted by molar-refractivity contribution is 7.14. The van der Waals surface area contributed by atoms with E-state index < -0.39 is 0 Å². The van der Waals surface area contributed by atoms with Crippen molar-refractivity contribution >= 4 is 22.4 Å². The summed E-state index contributed by atoms with van der Waals surface area (Å²) in [5, 5.41) is 5.30. The first kappa shape index (κ1) is 19.8. The minimum absolute atomic E-state index is 0.163. The summed E-state index contributed by atoms with van der Waals surface area (Å²) in [5.74, 6) is 1.96. The van der Waals surface area contributed by atoms with Gasteiger partial charge in [0.15, 0.2) is 16.6 Å². The second kappa shape index (κ2) is 8.95. The summed E-state index contributed by atoms with van der Waals surface area (Å²) in [6, 6.07) is 12.8. The zero-order chi connectivity index (χ0) is 21.0. The lowest BCUT2D eigenvalue weighted by atomic mass is 10.1. The van der Waals surface area contributed by atoms with Crippen LogP contribution < -0.4 is 19.5 Å². The Hall–Kier alpha value is -3.10. The fourth-order valence-electron chi connectivity index (χ4n) is 3.50. The van der Waals surface area contributed by atoms with E-state index >= 15 is 0 Å². The fraction of sp³-hybridized carbons (Fsp3) is 0.304. The van der Waals surface area contributed by atoms with Gasteiger partial charge in [-0.25, -0.2) is 4.98 Å². The first-order chi connectivity index (χ1) is 15.2. The molecular weight excluding hydrogens is 416 g/mol. The summed E-state index contributed by atoms with van der Waals surface area (Å²) in [6.45, 7) is 2.43. The molecule has 2 aromatic carbocycles. The third-order valence-corrected chi connectivity index (χ3v) is 5.90. The first-order valence-corrected chi connectivity index (χ1v) is 11.1. The quantitative estimate of drug-likeness (QED) is 0.615. The molecule has 160 valence electrons. The third kappa shape index (κ3) is 4.65. The Bertz CT molecular complexity index is 1060. The Balaban J connectivity index is 1.20. The lowest BCUT2D eigenvalue weighted by Gasteiger charge is -2.18. The highest BCUT2D eigenvalue weighted by atomic mass is 32.1. The normalized spacial score (nSPS) is 17.4. The van der Waals surface area contributed by atoms with E-state index in [0.717, 1.165) is 42.2 Å². The molecule has 5 rings (SSSR count). The number of carbonyl (C=O) groups excluding carboxylic acids is 1. The minimum atomic E-state index is -0.214. The molecule has 1 fully saturated rings. The van der Waals surface area contributed by atoms with Crippen LogP contribution in [-0.4, -0.2) is 43.4 Å². The topological polar surface area (TPSA) is 78.9 Å². The van der Waals surface area contributed by atoms with Gasteiger partial charge in [-0.05, 0) is 55.3 Å². The summed E-state index contributed by atoms with van der Waals surface area (Å²) in [6.07, 6.45) is 2.28. The molecular formula is C23H22N2O5S. The average Bonchev–Trinajstić information content (AvgIpc) is 3.50. The van der Waals surface area contributed by atoms with E-state index in [-0.39, 0.29) is 12.0 Å². The highest BCUT2D eigenvalue weighted by Gasteiger charge is 2.17. The SMILES string of the molecule is O=C(Nc1nc(-c2ccc3c(c2)OCCO3)cs1)c1ccc(OCC2CCCO2)cc1. The van der Waals surface area contributed by atoms with Gasteiger partial charge in [0.05, 0.1) is 11.8 Å². The van der Waals surface area contributed by atoms with Crippen LogP contribution in [0, 0.1) is 0 Å². The number of rotatable bonds is 6. The van der Waals surface area contributed by atoms with Crippen molar-refractivity contribution < 1.29 is 23.7 Å². The molecule has 0 saturated carbocycles. The molecule has 1 atom stereocenters. The summed E-state index contributed by atoms with van der Waals surface area (Å²) in [4.78, 5) is 17.1. The van der Waals surface area contributed by atoms with Crippen LogP contribution in [0.5, 0.6) is 17.2 Å². The Labute approximate surface area is 183 Å². The molecule has 2 aliphatic rings. The van der Waals surface area contributed by atoms with E-state index in [0.29, 0.717) is 36.3 Å². The maximum Gasteiger partial charge on any atom is 0.257 e. The van der Waals surface area contributed by atoms with Crippen molar-refractivity contribution in [2.45, 2.75) is 18.9 Å². The van der Waals surface area contributed by atoms with Gasteiger partial charge in [0.2, 0.25) is 0 Å². The summed E-state index contributed by atoms with van der Waals surface area (Å²) < 4.78 is 22.5. The van der Waals surface area contributed by atoms with Gasteiger partial charge in [-0.15, -0.1) is 11.3 Å². The van der Waals surface area contributed by atoms with E-state index in [9.17, 15) is 4.79 Å². The second-order valence-corrected chi connectivity index (χ2v) is 8.18. The molecule has 1 N–H and O–H groups in total. The van der Waals surface area contributed by atoms with E-state index in [2.05, 4.69) is 10.3 Å². The number of aromatic nitrogens is 1. The van der Waals surface area contributed by atoms with Crippen LogP contribution in [0.2, 0.25) is 0 Å². The highest BCUT2D eigenvalue weighted by Crippen LogP contribution is 2.35. The first-order valence-electron chi connectivity index (χ1n) is 10.3.